The Hall–Kier alpha value is -0.450. The van der Waals surface area contributed by atoms with E-state index in [1.807, 2.05) is 25.5 Å². The summed E-state index contributed by atoms with van der Waals surface area (Å²) in [5.41, 5.74) is 1.18. The molecule has 0 radical (unpaired) electrons. The minimum Gasteiger partial charge on any atom is -0.371 e. The quantitative estimate of drug-likeness (QED) is 0.867. The Labute approximate surface area is 120 Å². The Morgan fingerprint density at radius 2 is 2.05 bits per heavy atom. The molecule has 0 aromatic carbocycles. The Morgan fingerprint density at radius 3 is 2.58 bits per heavy atom. The summed E-state index contributed by atoms with van der Waals surface area (Å²) >= 11 is 1.85. The van der Waals surface area contributed by atoms with Gasteiger partial charge in [-0.1, -0.05) is 26.7 Å². The van der Waals surface area contributed by atoms with Gasteiger partial charge in [-0.3, -0.25) is 0 Å². The number of nitrogens with one attached hydrogen (secondary N) is 1. The number of hydrogen-bond donors (Lipinski definition) is 1. The van der Waals surface area contributed by atoms with E-state index >= 15 is 0 Å². The van der Waals surface area contributed by atoms with Crippen molar-refractivity contribution in [3.8, 4) is 0 Å². The fraction of sp³-hybridized carbons (Fsp3) is 0.800. The van der Waals surface area contributed by atoms with Gasteiger partial charge in [-0.05, 0) is 32.2 Å². The van der Waals surface area contributed by atoms with Crippen LogP contribution in [0, 0.1) is 5.92 Å². The third-order valence-corrected chi connectivity index (χ3v) is 5.19. The van der Waals surface area contributed by atoms with E-state index in [4.69, 9.17) is 9.72 Å². The lowest BCUT2D eigenvalue weighted by atomic mass is 10.0. The van der Waals surface area contributed by atoms with Crippen LogP contribution < -0.4 is 5.32 Å². The minimum atomic E-state index is -0.0949. The van der Waals surface area contributed by atoms with Crippen LogP contribution in [0.25, 0.3) is 0 Å². The smallest absolute Gasteiger partial charge is 0.125 e. The van der Waals surface area contributed by atoms with E-state index in [1.165, 1.54) is 28.4 Å². The second-order valence-electron chi connectivity index (χ2n) is 5.92. The highest BCUT2D eigenvalue weighted by Gasteiger charge is 2.39. The molecule has 3 nitrogen and oxygen atoms in total. The van der Waals surface area contributed by atoms with Gasteiger partial charge in [-0.2, -0.15) is 0 Å². The van der Waals surface area contributed by atoms with Gasteiger partial charge in [-0.15, -0.1) is 11.3 Å². The summed E-state index contributed by atoms with van der Waals surface area (Å²) in [7, 11) is 3.84. The zero-order valence-corrected chi connectivity index (χ0v) is 13.4. The van der Waals surface area contributed by atoms with Crippen molar-refractivity contribution in [2.75, 3.05) is 14.2 Å². The molecule has 19 heavy (non-hydrogen) atoms. The van der Waals surface area contributed by atoms with Gasteiger partial charge in [0.1, 0.15) is 10.6 Å². The molecule has 1 aliphatic rings. The van der Waals surface area contributed by atoms with Crippen LogP contribution >= 0.6 is 11.3 Å². The highest BCUT2D eigenvalue weighted by atomic mass is 32.1. The second kappa shape index (κ2) is 6.33. The first-order valence-corrected chi connectivity index (χ1v) is 8.12. The first kappa shape index (κ1) is 14.9. The Balaban J connectivity index is 2.30. The molecule has 1 N–H and O–H groups in total. The molecule has 1 heterocycles. The first-order chi connectivity index (χ1) is 9.11. The molecule has 1 fully saturated rings. The Morgan fingerprint density at radius 1 is 1.37 bits per heavy atom. The summed E-state index contributed by atoms with van der Waals surface area (Å²) in [5, 5.41) is 4.46. The number of rotatable bonds is 6. The number of aromatic nitrogens is 1. The first-order valence-electron chi connectivity index (χ1n) is 7.30. The average molecular weight is 282 g/mol. The lowest BCUT2D eigenvalue weighted by Gasteiger charge is -2.24. The molecule has 0 bridgehead atoms. The lowest BCUT2D eigenvalue weighted by Crippen LogP contribution is -2.24. The zero-order valence-electron chi connectivity index (χ0n) is 12.6. The largest absolute Gasteiger partial charge is 0.371 e. The molecule has 1 aliphatic carbocycles. The monoisotopic (exact) mass is 282 g/mol. The predicted molar refractivity (Wildman–Crippen MR) is 80.6 cm³/mol. The maximum atomic E-state index is 5.86. The summed E-state index contributed by atoms with van der Waals surface area (Å²) < 4.78 is 5.86. The molecule has 108 valence electrons. The number of ether oxygens (including phenoxy) is 1. The molecule has 0 atom stereocenters. The van der Waals surface area contributed by atoms with Gasteiger partial charge >= 0.3 is 0 Å². The van der Waals surface area contributed by atoms with Gasteiger partial charge in [-0.25, -0.2) is 4.98 Å². The average Bonchev–Trinajstić information content (AvgIpc) is 2.97. The fourth-order valence-electron chi connectivity index (χ4n) is 2.87. The topological polar surface area (TPSA) is 34.1 Å². The van der Waals surface area contributed by atoms with E-state index in [0.29, 0.717) is 5.92 Å². The van der Waals surface area contributed by atoms with Crippen LogP contribution in [0.5, 0.6) is 0 Å². The van der Waals surface area contributed by atoms with E-state index in [0.717, 1.165) is 25.8 Å². The molecular weight excluding hydrogens is 256 g/mol. The van der Waals surface area contributed by atoms with Gasteiger partial charge < -0.3 is 10.1 Å². The summed E-state index contributed by atoms with van der Waals surface area (Å²) in [6, 6.07) is 0. The van der Waals surface area contributed by atoms with Crippen molar-refractivity contribution in [1.29, 1.82) is 0 Å². The summed E-state index contributed by atoms with van der Waals surface area (Å²) in [6.07, 6.45) is 5.82. The molecule has 0 saturated heterocycles. The molecular formula is C15H26N2OS. The number of methoxy groups -OCH3 is 1. The highest BCUT2D eigenvalue weighted by molar-refractivity contribution is 7.11. The summed E-state index contributed by atoms with van der Waals surface area (Å²) in [5.74, 6) is 0.646. The van der Waals surface area contributed by atoms with E-state index in [9.17, 15) is 0 Å². The maximum Gasteiger partial charge on any atom is 0.125 e. The van der Waals surface area contributed by atoms with Crippen molar-refractivity contribution in [3.63, 3.8) is 0 Å². The van der Waals surface area contributed by atoms with E-state index in [-0.39, 0.29) is 5.60 Å². The van der Waals surface area contributed by atoms with Gasteiger partial charge in [0.2, 0.25) is 0 Å². The summed E-state index contributed by atoms with van der Waals surface area (Å²) in [4.78, 5) is 6.33. The van der Waals surface area contributed by atoms with Gasteiger partial charge in [0.25, 0.3) is 0 Å². The number of hydrogen-bond acceptors (Lipinski definition) is 4. The van der Waals surface area contributed by atoms with E-state index < -0.39 is 0 Å². The fourth-order valence-corrected chi connectivity index (χ4v) is 4.20. The van der Waals surface area contributed by atoms with Crippen molar-refractivity contribution < 1.29 is 4.74 Å². The predicted octanol–water partition coefficient (Wildman–Crippen LogP) is 3.48. The highest BCUT2D eigenvalue weighted by Crippen LogP contribution is 2.44. The third kappa shape index (κ3) is 3.18. The third-order valence-electron chi connectivity index (χ3n) is 3.91. The van der Waals surface area contributed by atoms with Gasteiger partial charge in [0, 0.05) is 18.5 Å². The lowest BCUT2D eigenvalue weighted by molar-refractivity contribution is -0.00897. The van der Waals surface area contributed by atoms with Crippen molar-refractivity contribution in [3.05, 3.63) is 15.6 Å². The van der Waals surface area contributed by atoms with Crippen LogP contribution in [-0.2, 0) is 23.3 Å². The number of nitrogens with zero attached hydrogens (tertiary/aromatic N) is 1. The van der Waals surface area contributed by atoms with Crippen LogP contribution in [0.2, 0.25) is 0 Å². The van der Waals surface area contributed by atoms with Crippen LogP contribution in [0.3, 0.4) is 0 Å². The molecule has 0 aliphatic heterocycles. The van der Waals surface area contributed by atoms with Crippen LogP contribution in [0.1, 0.15) is 55.1 Å². The molecule has 0 spiro atoms. The van der Waals surface area contributed by atoms with E-state index in [2.05, 4.69) is 19.2 Å². The van der Waals surface area contributed by atoms with Crippen molar-refractivity contribution in [2.45, 2.75) is 58.1 Å². The van der Waals surface area contributed by atoms with Crippen molar-refractivity contribution >= 4 is 11.3 Å². The molecule has 4 heteroatoms. The van der Waals surface area contributed by atoms with E-state index in [1.54, 1.807) is 0 Å². The Kier molecular flexibility index (Phi) is 4.98. The van der Waals surface area contributed by atoms with Crippen molar-refractivity contribution in [1.82, 2.24) is 10.3 Å². The Bertz CT molecular complexity index is 408. The van der Waals surface area contributed by atoms with Crippen LogP contribution in [0.4, 0.5) is 0 Å². The summed E-state index contributed by atoms with van der Waals surface area (Å²) in [6.45, 7) is 5.42. The molecule has 0 unspecified atom stereocenters. The standard InChI is InChI=1S/C15H26N2OS/c1-11(2)9-12-13(10-16-3)19-14(17-12)15(18-4)7-5-6-8-15/h11,16H,5-10H2,1-4H3. The number of thiazole rings is 1. The molecule has 1 saturated carbocycles. The second-order valence-corrected chi connectivity index (χ2v) is 7.01. The van der Waals surface area contributed by atoms with Crippen LogP contribution in [0.15, 0.2) is 0 Å². The molecule has 1 aromatic heterocycles. The zero-order chi connectivity index (χ0) is 13.9. The van der Waals surface area contributed by atoms with Gasteiger partial charge in [0.15, 0.2) is 0 Å². The molecule has 1 aromatic rings. The van der Waals surface area contributed by atoms with Gasteiger partial charge in [0.05, 0.1) is 5.69 Å². The normalized spacial score (nSPS) is 18.4. The minimum absolute atomic E-state index is 0.0949. The SMILES string of the molecule is CNCc1sc(C2(OC)CCCC2)nc1CC(C)C. The van der Waals surface area contributed by atoms with Crippen molar-refractivity contribution in [2.24, 2.45) is 5.92 Å². The molecule has 2 rings (SSSR count). The van der Waals surface area contributed by atoms with Crippen LogP contribution in [-0.4, -0.2) is 19.1 Å². The molecule has 0 amide bonds. The maximum absolute atomic E-state index is 5.86.